The molecule has 0 spiro atoms. The van der Waals surface area contributed by atoms with Gasteiger partial charge in [-0.3, -0.25) is 15.6 Å². The number of anilines is 1. The monoisotopic (exact) mass is 369 g/mol. The van der Waals surface area contributed by atoms with Crippen LogP contribution in [-0.4, -0.2) is 37.8 Å². The first-order chi connectivity index (χ1) is 12.7. The Hall–Kier alpha value is -2.08. The SMILES string of the molecule is Clc1ccccc1CC1(Nc2ccc(CC3=NCCN3)cc2)NCCN1. The second-order valence-corrected chi connectivity index (χ2v) is 7.19. The van der Waals surface area contributed by atoms with Crippen LogP contribution in [0.1, 0.15) is 11.1 Å². The van der Waals surface area contributed by atoms with E-state index in [1.807, 2.05) is 18.2 Å². The molecule has 5 nitrogen and oxygen atoms in total. The van der Waals surface area contributed by atoms with E-state index in [9.17, 15) is 0 Å². The van der Waals surface area contributed by atoms with Crippen LogP contribution in [0.25, 0.3) is 0 Å². The summed E-state index contributed by atoms with van der Waals surface area (Å²) >= 11 is 6.37. The van der Waals surface area contributed by atoms with Crippen molar-refractivity contribution >= 4 is 23.1 Å². The van der Waals surface area contributed by atoms with Gasteiger partial charge in [-0.2, -0.15) is 0 Å². The molecule has 2 aromatic carbocycles. The maximum absolute atomic E-state index is 6.37. The zero-order valence-corrected chi connectivity index (χ0v) is 15.4. The fourth-order valence-corrected chi connectivity index (χ4v) is 3.71. The molecular weight excluding hydrogens is 346 g/mol. The Balaban J connectivity index is 1.47. The summed E-state index contributed by atoms with van der Waals surface area (Å²) in [5.41, 5.74) is 3.45. The first-order valence-corrected chi connectivity index (χ1v) is 9.48. The van der Waals surface area contributed by atoms with Gasteiger partial charge in [0, 0.05) is 43.2 Å². The molecule has 0 saturated carbocycles. The van der Waals surface area contributed by atoms with E-state index in [4.69, 9.17) is 11.6 Å². The van der Waals surface area contributed by atoms with Crippen LogP contribution in [0.4, 0.5) is 5.69 Å². The lowest BCUT2D eigenvalue weighted by molar-refractivity contribution is 0.382. The Labute approximate surface area is 159 Å². The molecule has 4 N–H and O–H groups in total. The fraction of sp³-hybridized carbons (Fsp3) is 0.350. The number of benzene rings is 2. The van der Waals surface area contributed by atoms with Crippen LogP contribution in [0.5, 0.6) is 0 Å². The molecule has 2 aliphatic heterocycles. The largest absolute Gasteiger partial charge is 0.372 e. The van der Waals surface area contributed by atoms with Gasteiger partial charge in [0.25, 0.3) is 0 Å². The molecule has 0 aliphatic carbocycles. The minimum atomic E-state index is -0.385. The van der Waals surface area contributed by atoms with Crippen molar-refractivity contribution in [2.75, 3.05) is 31.5 Å². The van der Waals surface area contributed by atoms with E-state index in [1.54, 1.807) is 0 Å². The summed E-state index contributed by atoms with van der Waals surface area (Å²) in [6.07, 6.45) is 1.62. The van der Waals surface area contributed by atoms with E-state index >= 15 is 0 Å². The van der Waals surface area contributed by atoms with Gasteiger partial charge in [0.1, 0.15) is 11.6 Å². The molecule has 0 radical (unpaired) electrons. The summed E-state index contributed by atoms with van der Waals surface area (Å²) in [6.45, 7) is 3.68. The van der Waals surface area contributed by atoms with Crippen molar-refractivity contribution in [1.29, 1.82) is 0 Å². The number of aliphatic imine (C=N–C) groups is 1. The molecule has 26 heavy (non-hydrogen) atoms. The van der Waals surface area contributed by atoms with Gasteiger partial charge in [0.2, 0.25) is 0 Å². The molecule has 2 aliphatic rings. The third-order valence-corrected chi connectivity index (χ3v) is 5.19. The lowest BCUT2D eigenvalue weighted by Gasteiger charge is -2.32. The van der Waals surface area contributed by atoms with Gasteiger partial charge in [-0.25, -0.2) is 0 Å². The highest BCUT2D eigenvalue weighted by Crippen LogP contribution is 2.23. The highest BCUT2D eigenvalue weighted by Gasteiger charge is 2.33. The van der Waals surface area contributed by atoms with Crippen molar-refractivity contribution in [1.82, 2.24) is 16.0 Å². The van der Waals surface area contributed by atoms with Gasteiger partial charge in [-0.15, -0.1) is 0 Å². The summed E-state index contributed by atoms with van der Waals surface area (Å²) in [5.74, 6) is 0.698. The van der Waals surface area contributed by atoms with Crippen LogP contribution in [0, 0.1) is 0 Å². The van der Waals surface area contributed by atoms with E-state index in [0.717, 1.165) is 61.1 Å². The number of nitrogens with zero attached hydrogens (tertiary/aromatic N) is 1. The van der Waals surface area contributed by atoms with Crippen LogP contribution in [-0.2, 0) is 12.8 Å². The molecule has 0 unspecified atom stereocenters. The van der Waals surface area contributed by atoms with Crippen LogP contribution in [0.2, 0.25) is 5.02 Å². The highest BCUT2D eigenvalue weighted by atomic mass is 35.5. The van der Waals surface area contributed by atoms with Crippen molar-refractivity contribution in [3.8, 4) is 0 Å². The van der Waals surface area contributed by atoms with E-state index < -0.39 is 0 Å². The molecule has 1 fully saturated rings. The molecule has 0 bridgehead atoms. The number of hydrogen-bond donors (Lipinski definition) is 4. The maximum atomic E-state index is 6.37. The first kappa shape index (κ1) is 17.3. The molecule has 2 aromatic rings. The number of hydrogen-bond acceptors (Lipinski definition) is 5. The number of rotatable bonds is 6. The van der Waals surface area contributed by atoms with E-state index in [2.05, 4.69) is 56.6 Å². The molecule has 6 heteroatoms. The molecule has 0 aromatic heterocycles. The second-order valence-electron chi connectivity index (χ2n) is 6.78. The number of amidine groups is 1. The summed E-state index contributed by atoms with van der Waals surface area (Å²) in [6, 6.07) is 16.6. The van der Waals surface area contributed by atoms with Gasteiger partial charge in [0.15, 0.2) is 0 Å². The normalized spacial score (nSPS) is 18.4. The van der Waals surface area contributed by atoms with Crippen LogP contribution >= 0.6 is 11.6 Å². The maximum Gasteiger partial charge on any atom is 0.148 e. The van der Waals surface area contributed by atoms with E-state index in [0.29, 0.717) is 0 Å². The number of nitrogens with one attached hydrogen (secondary N) is 4. The molecule has 0 amide bonds. The smallest absolute Gasteiger partial charge is 0.148 e. The standard InChI is InChI=1S/C20H24ClN5/c21-18-4-2-1-3-16(18)14-20(24-11-12-25-20)26-17-7-5-15(6-8-17)13-19-22-9-10-23-19/h1-8,24-26H,9-14H2,(H,22,23). The highest BCUT2D eigenvalue weighted by molar-refractivity contribution is 6.31. The third-order valence-electron chi connectivity index (χ3n) is 4.82. The van der Waals surface area contributed by atoms with Gasteiger partial charge in [-0.05, 0) is 29.3 Å². The van der Waals surface area contributed by atoms with Crippen molar-refractivity contribution < 1.29 is 0 Å². The van der Waals surface area contributed by atoms with Crippen molar-refractivity contribution in [2.45, 2.75) is 18.6 Å². The Morgan fingerprint density at radius 3 is 2.46 bits per heavy atom. The Bertz CT molecular complexity index is 781. The second kappa shape index (κ2) is 7.66. The minimum Gasteiger partial charge on any atom is -0.372 e. The minimum absolute atomic E-state index is 0.385. The van der Waals surface area contributed by atoms with Crippen molar-refractivity contribution in [3.63, 3.8) is 0 Å². The molecule has 136 valence electrons. The van der Waals surface area contributed by atoms with E-state index in [1.165, 1.54) is 5.56 Å². The Kier molecular flexibility index (Phi) is 5.11. The molecule has 4 rings (SSSR count). The quantitative estimate of drug-likeness (QED) is 0.631. The predicted octanol–water partition coefficient (Wildman–Crippen LogP) is 2.39. The van der Waals surface area contributed by atoms with Gasteiger partial charge < -0.3 is 10.6 Å². The topological polar surface area (TPSA) is 60.5 Å². The fourth-order valence-electron chi connectivity index (χ4n) is 3.51. The predicted molar refractivity (Wildman–Crippen MR) is 108 cm³/mol. The zero-order valence-electron chi connectivity index (χ0n) is 14.7. The molecule has 2 heterocycles. The van der Waals surface area contributed by atoms with Crippen LogP contribution < -0.4 is 21.3 Å². The summed E-state index contributed by atoms with van der Waals surface area (Å²) < 4.78 is 0. The Morgan fingerprint density at radius 1 is 1.00 bits per heavy atom. The van der Waals surface area contributed by atoms with Crippen LogP contribution in [0.15, 0.2) is 53.5 Å². The first-order valence-electron chi connectivity index (χ1n) is 9.10. The average molecular weight is 370 g/mol. The summed E-state index contributed by atoms with van der Waals surface area (Å²) in [4.78, 5) is 4.46. The van der Waals surface area contributed by atoms with Crippen molar-refractivity contribution in [3.05, 3.63) is 64.7 Å². The van der Waals surface area contributed by atoms with E-state index in [-0.39, 0.29) is 5.79 Å². The lowest BCUT2D eigenvalue weighted by Crippen LogP contribution is -2.57. The van der Waals surface area contributed by atoms with Gasteiger partial charge in [-0.1, -0.05) is 41.9 Å². The lowest BCUT2D eigenvalue weighted by atomic mass is 10.1. The van der Waals surface area contributed by atoms with Crippen LogP contribution in [0.3, 0.4) is 0 Å². The van der Waals surface area contributed by atoms with Gasteiger partial charge >= 0.3 is 0 Å². The summed E-state index contributed by atoms with van der Waals surface area (Å²) in [5, 5.41) is 14.9. The third kappa shape index (κ3) is 4.01. The van der Waals surface area contributed by atoms with Crippen molar-refractivity contribution in [2.24, 2.45) is 4.99 Å². The average Bonchev–Trinajstić information content (AvgIpc) is 3.31. The summed E-state index contributed by atoms with van der Waals surface area (Å²) in [7, 11) is 0. The molecule has 1 saturated heterocycles. The van der Waals surface area contributed by atoms with Gasteiger partial charge in [0.05, 0.1) is 6.54 Å². The Morgan fingerprint density at radius 2 is 1.77 bits per heavy atom. The number of halogens is 1. The zero-order chi connectivity index (χ0) is 17.8. The molecular formula is C20H24ClN5. The molecule has 0 atom stereocenters.